The van der Waals surface area contributed by atoms with Crippen molar-refractivity contribution in [1.29, 1.82) is 0 Å². The third-order valence-electron chi connectivity index (χ3n) is 4.27. The van der Waals surface area contributed by atoms with E-state index in [0.29, 0.717) is 5.92 Å². The number of H-pyrrole nitrogens is 2. The predicted molar refractivity (Wildman–Crippen MR) is 88.4 cm³/mol. The van der Waals surface area contributed by atoms with E-state index < -0.39 is 0 Å². The molecule has 2 heteroatoms. The molecule has 0 saturated carbocycles. The van der Waals surface area contributed by atoms with Crippen molar-refractivity contribution in [2.24, 2.45) is 0 Å². The second kappa shape index (κ2) is 4.81. The van der Waals surface area contributed by atoms with Crippen LogP contribution in [-0.2, 0) is 0 Å². The summed E-state index contributed by atoms with van der Waals surface area (Å²) in [6, 6.07) is 17.2. The summed E-state index contributed by atoms with van der Waals surface area (Å²) < 4.78 is 0. The molecule has 0 aliphatic carbocycles. The van der Waals surface area contributed by atoms with Crippen LogP contribution in [0, 0.1) is 6.92 Å². The van der Waals surface area contributed by atoms with Crippen LogP contribution in [-0.4, -0.2) is 9.97 Å². The first-order valence-corrected chi connectivity index (χ1v) is 7.29. The number of hydrogen-bond donors (Lipinski definition) is 2. The van der Waals surface area contributed by atoms with Crippen molar-refractivity contribution >= 4 is 21.8 Å². The number of hydrogen-bond acceptors (Lipinski definition) is 0. The minimum absolute atomic E-state index is 0.320. The summed E-state index contributed by atoms with van der Waals surface area (Å²) in [6.45, 7) is 4.17. The Kier molecular flexibility index (Phi) is 2.81. The van der Waals surface area contributed by atoms with Crippen LogP contribution in [0.15, 0.2) is 60.9 Å². The molecule has 4 aromatic rings. The molecule has 2 nitrogen and oxygen atoms in total. The van der Waals surface area contributed by atoms with E-state index >= 15 is 0 Å². The summed E-state index contributed by atoms with van der Waals surface area (Å²) in [4.78, 5) is 6.62. The molecule has 2 aromatic carbocycles. The first kappa shape index (κ1) is 12.3. The molecule has 2 aromatic heterocycles. The molecule has 1 unspecified atom stereocenters. The lowest BCUT2D eigenvalue weighted by molar-refractivity contribution is 0.836. The summed E-state index contributed by atoms with van der Waals surface area (Å²) in [5, 5.41) is 2.55. The third kappa shape index (κ3) is 1.95. The Morgan fingerprint density at radius 2 is 1.86 bits per heavy atom. The van der Waals surface area contributed by atoms with Gasteiger partial charge >= 0.3 is 0 Å². The van der Waals surface area contributed by atoms with Gasteiger partial charge in [-0.15, -0.1) is 0 Å². The van der Waals surface area contributed by atoms with Crippen molar-refractivity contribution in [3.05, 3.63) is 79.0 Å². The molecule has 1 atom stereocenters. The van der Waals surface area contributed by atoms with Gasteiger partial charge in [-0.25, -0.2) is 0 Å². The minimum Gasteiger partial charge on any atom is -0.361 e. The Morgan fingerprint density at radius 3 is 2.76 bits per heavy atom. The van der Waals surface area contributed by atoms with Gasteiger partial charge in [-0.2, -0.15) is 0 Å². The van der Waals surface area contributed by atoms with Crippen LogP contribution in [0.4, 0.5) is 0 Å². The molecule has 0 saturated heterocycles. The molecule has 21 heavy (non-hydrogen) atoms. The number of nitrogens with one attached hydrogen (secondary N) is 2. The normalized spacial score (nSPS) is 13.0. The predicted octanol–water partition coefficient (Wildman–Crippen LogP) is 5.01. The van der Waals surface area contributed by atoms with E-state index in [0.717, 1.165) is 6.42 Å². The van der Waals surface area contributed by atoms with Crippen molar-refractivity contribution in [3.8, 4) is 0 Å². The van der Waals surface area contributed by atoms with Gasteiger partial charge in [0.05, 0.1) is 0 Å². The van der Waals surface area contributed by atoms with Crippen LogP contribution in [0.3, 0.4) is 0 Å². The first-order chi connectivity index (χ1) is 10.4. The molecule has 0 amide bonds. The van der Waals surface area contributed by atoms with Crippen LogP contribution in [0.2, 0.25) is 0 Å². The molecular weight excluding hydrogens is 256 g/mol. The SMILES string of the molecule is [CH2]CC(c1ccc2[nH]ccc2c1)c1c[nH]c2ccccc12. The van der Waals surface area contributed by atoms with Crippen LogP contribution < -0.4 is 0 Å². The summed E-state index contributed by atoms with van der Waals surface area (Å²) in [7, 11) is 0. The summed E-state index contributed by atoms with van der Waals surface area (Å²) in [5.74, 6) is 0.320. The maximum absolute atomic E-state index is 4.17. The van der Waals surface area contributed by atoms with Gasteiger partial charge in [0.1, 0.15) is 0 Å². The lowest BCUT2D eigenvalue weighted by Crippen LogP contribution is -1.98. The number of rotatable bonds is 3. The highest BCUT2D eigenvalue weighted by Crippen LogP contribution is 2.34. The summed E-state index contributed by atoms with van der Waals surface area (Å²) in [5.41, 5.74) is 5.02. The zero-order valence-corrected chi connectivity index (χ0v) is 11.8. The van der Waals surface area contributed by atoms with Crippen molar-refractivity contribution in [3.63, 3.8) is 0 Å². The van der Waals surface area contributed by atoms with Crippen LogP contribution in [0.25, 0.3) is 21.8 Å². The van der Waals surface area contributed by atoms with Gasteiger partial charge in [-0.3, -0.25) is 0 Å². The largest absolute Gasteiger partial charge is 0.361 e. The van der Waals surface area contributed by atoms with E-state index in [2.05, 4.69) is 71.6 Å². The quantitative estimate of drug-likeness (QED) is 0.526. The third-order valence-corrected chi connectivity index (χ3v) is 4.27. The Morgan fingerprint density at radius 1 is 0.952 bits per heavy atom. The zero-order chi connectivity index (χ0) is 14.2. The number of fused-ring (bicyclic) bond motifs is 2. The molecule has 2 heterocycles. The molecule has 4 rings (SSSR count). The van der Waals surface area contributed by atoms with E-state index in [4.69, 9.17) is 0 Å². The van der Waals surface area contributed by atoms with Gasteiger partial charge in [0, 0.05) is 34.7 Å². The fourth-order valence-corrected chi connectivity index (χ4v) is 3.17. The van der Waals surface area contributed by atoms with Crippen molar-refractivity contribution in [1.82, 2.24) is 9.97 Å². The molecule has 0 fully saturated rings. The molecule has 0 spiro atoms. The van der Waals surface area contributed by atoms with Crippen LogP contribution in [0.5, 0.6) is 0 Å². The van der Waals surface area contributed by atoms with E-state index in [1.165, 1.54) is 32.9 Å². The van der Waals surface area contributed by atoms with Gasteiger partial charge in [-0.1, -0.05) is 31.2 Å². The fraction of sp³-hybridized carbons (Fsp3) is 0.105. The number of aromatic amines is 2. The van der Waals surface area contributed by atoms with Crippen LogP contribution in [0.1, 0.15) is 23.5 Å². The highest BCUT2D eigenvalue weighted by molar-refractivity contribution is 5.85. The molecular formula is C19H17N2. The maximum Gasteiger partial charge on any atom is 0.0457 e. The first-order valence-electron chi connectivity index (χ1n) is 7.29. The Hall–Kier alpha value is -2.48. The standard InChI is InChI=1S/C19H17N2/c1-2-15(13-7-8-18-14(11-13)9-10-20-18)17-12-21-19-6-4-3-5-16(17)19/h3-12,15,20-21H,1-2H2. The monoisotopic (exact) mass is 273 g/mol. The van der Waals surface area contributed by atoms with Crippen LogP contribution >= 0.6 is 0 Å². The molecule has 0 aliphatic heterocycles. The maximum atomic E-state index is 4.17. The van der Waals surface area contributed by atoms with E-state index in [1.54, 1.807) is 0 Å². The van der Waals surface area contributed by atoms with Gasteiger partial charge in [-0.05, 0) is 47.2 Å². The average molecular weight is 273 g/mol. The Bertz CT molecular complexity index is 898. The van der Waals surface area contributed by atoms with Gasteiger partial charge < -0.3 is 9.97 Å². The zero-order valence-electron chi connectivity index (χ0n) is 11.8. The molecule has 0 bridgehead atoms. The average Bonchev–Trinajstić information content (AvgIpc) is 3.15. The number of aromatic nitrogens is 2. The molecule has 0 aliphatic rings. The topological polar surface area (TPSA) is 31.6 Å². The molecule has 1 radical (unpaired) electrons. The second-order valence-corrected chi connectivity index (χ2v) is 5.46. The van der Waals surface area contributed by atoms with Gasteiger partial charge in [0.15, 0.2) is 0 Å². The van der Waals surface area contributed by atoms with Crippen molar-refractivity contribution < 1.29 is 0 Å². The van der Waals surface area contributed by atoms with E-state index in [9.17, 15) is 0 Å². The van der Waals surface area contributed by atoms with Crippen molar-refractivity contribution in [2.75, 3.05) is 0 Å². The Balaban J connectivity index is 1.87. The van der Waals surface area contributed by atoms with Gasteiger partial charge in [0.25, 0.3) is 0 Å². The second-order valence-electron chi connectivity index (χ2n) is 5.46. The van der Waals surface area contributed by atoms with E-state index in [-0.39, 0.29) is 0 Å². The van der Waals surface area contributed by atoms with Crippen molar-refractivity contribution in [2.45, 2.75) is 12.3 Å². The van der Waals surface area contributed by atoms with E-state index in [1.807, 2.05) is 6.20 Å². The van der Waals surface area contributed by atoms with Gasteiger partial charge in [0.2, 0.25) is 0 Å². The smallest absolute Gasteiger partial charge is 0.0457 e. The summed E-state index contributed by atoms with van der Waals surface area (Å²) in [6.07, 6.45) is 4.96. The highest BCUT2D eigenvalue weighted by atomic mass is 14.7. The molecule has 103 valence electrons. The fourth-order valence-electron chi connectivity index (χ4n) is 3.17. The summed E-state index contributed by atoms with van der Waals surface area (Å²) >= 11 is 0. The molecule has 2 N–H and O–H groups in total. The lowest BCUT2D eigenvalue weighted by Gasteiger charge is -2.15. The minimum atomic E-state index is 0.320. The Labute approximate surface area is 123 Å². The number of para-hydroxylation sites is 1. The highest BCUT2D eigenvalue weighted by Gasteiger charge is 2.16. The lowest BCUT2D eigenvalue weighted by atomic mass is 9.88. The number of benzene rings is 2.